The normalized spacial score (nSPS) is 10.7. The highest BCUT2D eigenvalue weighted by Gasteiger charge is 2.10. The van der Waals surface area contributed by atoms with Gasteiger partial charge in [-0.15, -0.1) is 11.3 Å². The van der Waals surface area contributed by atoms with Gasteiger partial charge in [0.25, 0.3) is 5.91 Å². The Hall–Kier alpha value is -2.34. The van der Waals surface area contributed by atoms with Crippen LogP contribution in [-0.4, -0.2) is 22.3 Å². The van der Waals surface area contributed by atoms with Gasteiger partial charge < -0.3 is 10.2 Å². The van der Waals surface area contributed by atoms with Gasteiger partial charge in [-0.05, 0) is 23.6 Å². The van der Waals surface area contributed by atoms with E-state index in [9.17, 15) is 9.90 Å². The van der Waals surface area contributed by atoms with E-state index < -0.39 is 5.91 Å². The highest BCUT2D eigenvalue weighted by Crippen LogP contribution is 2.22. The van der Waals surface area contributed by atoms with Gasteiger partial charge in [-0.25, -0.2) is 5.43 Å². The molecule has 6 heteroatoms. The van der Waals surface area contributed by atoms with Crippen LogP contribution in [-0.2, 0) is 0 Å². The predicted octanol–water partition coefficient (Wildman–Crippen LogP) is 1.92. The summed E-state index contributed by atoms with van der Waals surface area (Å²) in [5.41, 5.74) is 2.35. The minimum absolute atomic E-state index is 0.0520. The fraction of sp³-hybridized carbons (Fsp3) is 0. The first kappa shape index (κ1) is 12.1. The van der Waals surface area contributed by atoms with Crippen molar-refractivity contribution < 1.29 is 15.0 Å². The average molecular weight is 262 g/mol. The molecule has 2 rings (SSSR count). The first-order valence-corrected chi connectivity index (χ1v) is 5.93. The Labute approximate surface area is 107 Å². The summed E-state index contributed by atoms with van der Waals surface area (Å²) in [6, 6.07) is 7.47. The number of phenolic OH excluding ortho intramolecular Hbond substituents is 2. The maximum absolute atomic E-state index is 11.6. The van der Waals surface area contributed by atoms with Crippen molar-refractivity contribution >= 4 is 23.5 Å². The molecule has 0 atom stereocenters. The number of carbonyl (C=O) groups excluding carboxylic acids is 1. The number of hydrogen-bond acceptors (Lipinski definition) is 5. The Kier molecular flexibility index (Phi) is 3.59. The minimum atomic E-state index is -0.541. The lowest BCUT2D eigenvalue weighted by Crippen LogP contribution is -2.17. The molecule has 1 amide bonds. The van der Waals surface area contributed by atoms with Crippen LogP contribution < -0.4 is 5.43 Å². The van der Waals surface area contributed by atoms with Crippen LogP contribution >= 0.6 is 11.3 Å². The zero-order chi connectivity index (χ0) is 13.0. The van der Waals surface area contributed by atoms with E-state index in [4.69, 9.17) is 5.11 Å². The molecular weight excluding hydrogens is 252 g/mol. The van der Waals surface area contributed by atoms with E-state index in [1.807, 2.05) is 17.5 Å². The second kappa shape index (κ2) is 5.33. The Morgan fingerprint density at radius 3 is 2.83 bits per heavy atom. The smallest absolute Gasteiger partial charge is 0.275 e. The van der Waals surface area contributed by atoms with Crippen molar-refractivity contribution in [2.45, 2.75) is 0 Å². The lowest BCUT2D eigenvalue weighted by Gasteiger charge is -2.02. The first-order chi connectivity index (χ1) is 8.66. The highest BCUT2D eigenvalue weighted by molar-refractivity contribution is 7.11. The van der Waals surface area contributed by atoms with Crippen LogP contribution in [0.2, 0.25) is 0 Å². The van der Waals surface area contributed by atoms with Crippen LogP contribution in [0, 0.1) is 0 Å². The molecular formula is C12H10N2O3S. The zero-order valence-electron chi connectivity index (χ0n) is 9.20. The largest absolute Gasteiger partial charge is 0.508 e. The molecule has 0 radical (unpaired) electrons. The zero-order valence-corrected chi connectivity index (χ0v) is 10.0. The van der Waals surface area contributed by atoms with Crippen LogP contribution in [0.1, 0.15) is 15.2 Å². The number of aromatic hydroxyl groups is 2. The quantitative estimate of drug-likeness (QED) is 0.584. The summed E-state index contributed by atoms with van der Waals surface area (Å²) < 4.78 is 0. The molecule has 0 unspecified atom stereocenters. The summed E-state index contributed by atoms with van der Waals surface area (Å²) in [7, 11) is 0. The maximum atomic E-state index is 11.6. The van der Waals surface area contributed by atoms with Gasteiger partial charge in [-0.1, -0.05) is 6.07 Å². The predicted molar refractivity (Wildman–Crippen MR) is 69.2 cm³/mol. The summed E-state index contributed by atoms with van der Waals surface area (Å²) in [4.78, 5) is 12.5. The molecule has 0 saturated carbocycles. The van der Waals surface area contributed by atoms with E-state index in [2.05, 4.69) is 10.5 Å². The van der Waals surface area contributed by atoms with E-state index in [1.54, 1.807) is 0 Å². The van der Waals surface area contributed by atoms with E-state index >= 15 is 0 Å². The van der Waals surface area contributed by atoms with Gasteiger partial charge in [0, 0.05) is 10.9 Å². The molecule has 18 heavy (non-hydrogen) atoms. The summed E-state index contributed by atoms with van der Waals surface area (Å²) in [6.45, 7) is 0. The number of phenols is 2. The topological polar surface area (TPSA) is 81.9 Å². The van der Waals surface area contributed by atoms with Crippen LogP contribution in [0.25, 0.3) is 0 Å². The van der Waals surface area contributed by atoms with Crippen molar-refractivity contribution in [1.29, 1.82) is 0 Å². The van der Waals surface area contributed by atoms with Gasteiger partial charge in [0.05, 0.1) is 11.8 Å². The Bertz CT molecular complexity index is 579. The average Bonchev–Trinajstić information content (AvgIpc) is 2.81. The van der Waals surface area contributed by atoms with E-state index in [1.165, 1.54) is 29.7 Å². The molecule has 0 aliphatic rings. The lowest BCUT2D eigenvalue weighted by molar-refractivity contribution is 0.0952. The second-order valence-electron chi connectivity index (χ2n) is 3.42. The molecule has 1 heterocycles. The molecule has 0 aliphatic heterocycles. The molecule has 0 saturated heterocycles. The van der Waals surface area contributed by atoms with Gasteiger partial charge in [0.2, 0.25) is 0 Å². The number of nitrogens with one attached hydrogen (secondary N) is 1. The number of nitrogens with zero attached hydrogens (tertiary/aromatic N) is 1. The SMILES string of the molecule is O=C(NN=Cc1cccs1)c1ccc(O)cc1O. The molecule has 2 aromatic rings. The summed E-state index contributed by atoms with van der Waals surface area (Å²) in [5.74, 6) is -0.940. The van der Waals surface area contributed by atoms with Gasteiger partial charge in [-0.3, -0.25) is 4.79 Å². The molecule has 0 spiro atoms. The number of hydrogen-bond donors (Lipinski definition) is 3. The lowest BCUT2D eigenvalue weighted by atomic mass is 10.2. The summed E-state index contributed by atoms with van der Waals surface area (Å²) in [5, 5.41) is 24.2. The molecule has 1 aromatic heterocycles. The standard InChI is InChI=1S/C12H10N2O3S/c15-8-3-4-10(11(16)6-8)12(17)14-13-7-9-2-1-5-18-9/h1-7,15-16H,(H,14,17). The van der Waals surface area contributed by atoms with Crippen molar-refractivity contribution in [3.63, 3.8) is 0 Å². The molecule has 92 valence electrons. The van der Waals surface area contributed by atoms with E-state index in [0.29, 0.717) is 0 Å². The molecule has 1 aromatic carbocycles. The number of hydrazone groups is 1. The van der Waals surface area contributed by atoms with E-state index in [0.717, 1.165) is 10.9 Å². The number of rotatable bonds is 3. The summed E-state index contributed by atoms with van der Waals surface area (Å²) >= 11 is 1.49. The fourth-order valence-electron chi connectivity index (χ4n) is 1.29. The number of benzene rings is 1. The molecule has 5 nitrogen and oxygen atoms in total. The van der Waals surface area contributed by atoms with Crippen molar-refractivity contribution in [3.8, 4) is 11.5 Å². The second-order valence-corrected chi connectivity index (χ2v) is 4.40. The van der Waals surface area contributed by atoms with Crippen molar-refractivity contribution in [2.24, 2.45) is 5.10 Å². The number of carbonyl (C=O) groups is 1. The van der Waals surface area contributed by atoms with Gasteiger partial charge >= 0.3 is 0 Å². The third-order valence-electron chi connectivity index (χ3n) is 2.13. The van der Waals surface area contributed by atoms with Crippen LogP contribution in [0.5, 0.6) is 11.5 Å². The minimum Gasteiger partial charge on any atom is -0.508 e. The van der Waals surface area contributed by atoms with Gasteiger partial charge in [-0.2, -0.15) is 5.10 Å². The van der Waals surface area contributed by atoms with Crippen molar-refractivity contribution in [2.75, 3.05) is 0 Å². The molecule has 0 aliphatic carbocycles. The monoisotopic (exact) mass is 262 g/mol. The molecule has 0 bridgehead atoms. The maximum Gasteiger partial charge on any atom is 0.275 e. The number of thiophene rings is 1. The highest BCUT2D eigenvalue weighted by atomic mass is 32.1. The molecule has 0 fully saturated rings. The Morgan fingerprint density at radius 1 is 1.33 bits per heavy atom. The Morgan fingerprint density at radius 2 is 2.17 bits per heavy atom. The molecule has 3 N–H and O–H groups in total. The third kappa shape index (κ3) is 2.86. The van der Waals surface area contributed by atoms with E-state index in [-0.39, 0.29) is 17.1 Å². The third-order valence-corrected chi connectivity index (χ3v) is 2.93. The Balaban J connectivity index is 2.04. The fourth-order valence-corrected chi connectivity index (χ4v) is 1.88. The van der Waals surface area contributed by atoms with Crippen molar-refractivity contribution in [1.82, 2.24) is 5.43 Å². The van der Waals surface area contributed by atoms with Gasteiger partial charge in [0.15, 0.2) is 0 Å². The number of amides is 1. The van der Waals surface area contributed by atoms with Crippen LogP contribution in [0.15, 0.2) is 40.8 Å². The van der Waals surface area contributed by atoms with Crippen molar-refractivity contribution in [3.05, 3.63) is 46.2 Å². The summed E-state index contributed by atoms with van der Waals surface area (Å²) in [6.07, 6.45) is 1.51. The van der Waals surface area contributed by atoms with Crippen LogP contribution in [0.4, 0.5) is 0 Å². The van der Waals surface area contributed by atoms with Gasteiger partial charge in [0.1, 0.15) is 11.5 Å². The first-order valence-electron chi connectivity index (χ1n) is 5.06. The van der Waals surface area contributed by atoms with Crippen LogP contribution in [0.3, 0.4) is 0 Å².